The van der Waals surface area contributed by atoms with E-state index >= 15 is 0 Å². The standard InChI is InChI=1S/C17H25NO2/c1-18(12-14-5-3-2-4-6-14)15-11-17(8-7-16(15)19)9-10-20-13-17/h2-6,15-16,19H,7-13H2,1H3. The third kappa shape index (κ3) is 2.90. The number of rotatable bonds is 3. The Labute approximate surface area is 121 Å². The number of aliphatic hydroxyl groups excluding tert-OH is 1. The van der Waals surface area contributed by atoms with Gasteiger partial charge in [-0.05, 0) is 43.7 Å². The molecule has 3 nitrogen and oxygen atoms in total. The Morgan fingerprint density at radius 2 is 2.10 bits per heavy atom. The lowest BCUT2D eigenvalue weighted by molar-refractivity contribution is -0.0239. The van der Waals surface area contributed by atoms with Crippen LogP contribution in [0.2, 0.25) is 0 Å². The molecule has 3 heteroatoms. The first-order chi connectivity index (χ1) is 9.69. The van der Waals surface area contributed by atoms with E-state index in [0.717, 1.165) is 45.4 Å². The highest BCUT2D eigenvalue weighted by Gasteiger charge is 2.43. The van der Waals surface area contributed by atoms with E-state index in [9.17, 15) is 5.11 Å². The third-order valence-corrected chi connectivity index (χ3v) is 5.08. The smallest absolute Gasteiger partial charge is 0.0695 e. The summed E-state index contributed by atoms with van der Waals surface area (Å²) in [7, 11) is 2.13. The summed E-state index contributed by atoms with van der Waals surface area (Å²) >= 11 is 0. The molecule has 2 fully saturated rings. The molecule has 1 aromatic rings. The van der Waals surface area contributed by atoms with Crippen LogP contribution in [-0.4, -0.2) is 42.4 Å². The van der Waals surface area contributed by atoms with E-state index in [1.807, 2.05) is 6.07 Å². The number of hydrogen-bond acceptors (Lipinski definition) is 3. The second kappa shape index (κ2) is 5.84. The van der Waals surface area contributed by atoms with Crippen LogP contribution in [0.4, 0.5) is 0 Å². The molecule has 0 aromatic heterocycles. The Kier molecular flexibility index (Phi) is 4.11. The van der Waals surface area contributed by atoms with Gasteiger partial charge < -0.3 is 9.84 Å². The molecule has 2 aliphatic rings. The summed E-state index contributed by atoms with van der Waals surface area (Å²) in [6.45, 7) is 2.68. The predicted octanol–water partition coefficient (Wildman–Crippen LogP) is 2.44. The van der Waals surface area contributed by atoms with Crippen LogP contribution < -0.4 is 0 Å². The van der Waals surface area contributed by atoms with Gasteiger partial charge in [0.25, 0.3) is 0 Å². The van der Waals surface area contributed by atoms with Gasteiger partial charge in [-0.3, -0.25) is 4.90 Å². The summed E-state index contributed by atoms with van der Waals surface area (Å²) in [5.41, 5.74) is 1.64. The minimum atomic E-state index is -0.199. The van der Waals surface area contributed by atoms with Gasteiger partial charge >= 0.3 is 0 Å². The van der Waals surface area contributed by atoms with Crippen LogP contribution in [0.25, 0.3) is 0 Å². The minimum Gasteiger partial charge on any atom is -0.391 e. The highest BCUT2D eigenvalue weighted by Crippen LogP contribution is 2.44. The quantitative estimate of drug-likeness (QED) is 0.919. The maximum Gasteiger partial charge on any atom is 0.0695 e. The van der Waals surface area contributed by atoms with E-state index in [1.165, 1.54) is 5.56 Å². The molecule has 1 aliphatic carbocycles. The molecule has 1 saturated carbocycles. The van der Waals surface area contributed by atoms with E-state index < -0.39 is 0 Å². The summed E-state index contributed by atoms with van der Waals surface area (Å²) in [6, 6.07) is 10.8. The van der Waals surface area contributed by atoms with Crippen LogP contribution in [0.1, 0.15) is 31.2 Å². The van der Waals surface area contributed by atoms with Crippen molar-refractivity contribution in [3.63, 3.8) is 0 Å². The van der Waals surface area contributed by atoms with Crippen LogP contribution in [0.3, 0.4) is 0 Å². The molecule has 1 saturated heterocycles. The molecule has 1 heterocycles. The summed E-state index contributed by atoms with van der Waals surface area (Å²) in [5, 5.41) is 10.4. The van der Waals surface area contributed by atoms with Gasteiger partial charge in [0.15, 0.2) is 0 Å². The normalized spacial score (nSPS) is 34.0. The lowest BCUT2D eigenvalue weighted by Crippen LogP contribution is -2.49. The number of benzene rings is 1. The first-order valence-electron chi connectivity index (χ1n) is 7.69. The zero-order valence-electron chi connectivity index (χ0n) is 12.3. The Morgan fingerprint density at radius 1 is 1.30 bits per heavy atom. The predicted molar refractivity (Wildman–Crippen MR) is 79.4 cm³/mol. The van der Waals surface area contributed by atoms with E-state index in [2.05, 4.69) is 36.2 Å². The topological polar surface area (TPSA) is 32.7 Å². The van der Waals surface area contributed by atoms with Crippen molar-refractivity contribution in [2.24, 2.45) is 5.41 Å². The van der Waals surface area contributed by atoms with Crippen LogP contribution >= 0.6 is 0 Å². The van der Waals surface area contributed by atoms with Crippen LogP contribution in [0.5, 0.6) is 0 Å². The molecule has 1 spiro atoms. The fraction of sp³-hybridized carbons (Fsp3) is 0.647. The number of ether oxygens (including phenoxy) is 1. The molecule has 1 N–H and O–H groups in total. The average molecular weight is 275 g/mol. The molecule has 3 rings (SSSR count). The average Bonchev–Trinajstić information content (AvgIpc) is 2.91. The molecule has 1 aromatic carbocycles. The summed E-state index contributed by atoms with van der Waals surface area (Å²) in [5.74, 6) is 0. The lowest BCUT2D eigenvalue weighted by atomic mass is 9.70. The van der Waals surface area contributed by atoms with E-state index in [-0.39, 0.29) is 12.1 Å². The number of aliphatic hydroxyl groups is 1. The SMILES string of the molecule is CN(Cc1ccccc1)C1CC2(CCOC2)CCC1O. The van der Waals surface area contributed by atoms with E-state index in [0.29, 0.717) is 5.41 Å². The van der Waals surface area contributed by atoms with Crippen molar-refractivity contribution in [2.45, 2.75) is 44.4 Å². The van der Waals surface area contributed by atoms with Crippen LogP contribution in [0, 0.1) is 5.41 Å². The Balaban J connectivity index is 1.67. The highest BCUT2D eigenvalue weighted by molar-refractivity contribution is 5.14. The molecule has 3 atom stereocenters. The Bertz CT molecular complexity index is 428. The maximum absolute atomic E-state index is 10.4. The van der Waals surface area contributed by atoms with Crippen LogP contribution in [-0.2, 0) is 11.3 Å². The first-order valence-corrected chi connectivity index (χ1v) is 7.69. The lowest BCUT2D eigenvalue weighted by Gasteiger charge is -2.43. The zero-order valence-corrected chi connectivity index (χ0v) is 12.3. The van der Waals surface area contributed by atoms with Gasteiger partial charge in [0.2, 0.25) is 0 Å². The Hall–Kier alpha value is -0.900. The van der Waals surface area contributed by atoms with Gasteiger partial charge in [-0.1, -0.05) is 30.3 Å². The highest BCUT2D eigenvalue weighted by atomic mass is 16.5. The van der Waals surface area contributed by atoms with Gasteiger partial charge in [0.05, 0.1) is 12.7 Å². The van der Waals surface area contributed by atoms with Crippen LogP contribution in [0.15, 0.2) is 30.3 Å². The molecule has 0 bridgehead atoms. The molecule has 0 amide bonds. The Morgan fingerprint density at radius 3 is 2.80 bits per heavy atom. The molecular formula is C17H25NO2. The molecule has 1 aliphatic heterocycles. The summed E-state index contributed by atoms with van der Waals surface area (Å²) < 4.78 is 5.62. The summed E-state index contributed by atoms with van der Waals surface area (Å²) in [4.78, 5) is 2.32. The monoisotopic (exact) mass is 275 g/mol. The van der Waals surface area contributed by atoms with Gasteiger partial charge in [-0.2, -0.15) is 0 Å². The van der Waals surface area contributed by atoms with Gasteiger partial charge in [-0.25, -0.2) is 0 Å². The van der Waals surface area contributed by atoms with Crippen molar-refractivity contribution >= 4 is 0 Å². The zero-order chi connectivity index (χ0) is 14.0. The summed E-state index contributed by atoms with van der Waals surface area (Å²) in [6.07, 6.45) is 4.05. The molecule has 3 unspecified atom stereocenters. The second-order valence-electron chi connectivity index (χ2n) is 6.58. The molecule has 110 valence electrons. The maximum atomic E-state index is 10.4. The number of hydrogen-bond donors (Lipinski definition) is 1. The molecule has 0 radical (unpaired) electrons. The fourth-order valence-electron chi connectivity index (χ4n) is 3.77. The van der Waals surface area contributed by atoms with Crippen molar-refractivity contribution in [1.29, 1.82) is 0 Å². The second-order valence-corrected chi connectivity index (χ2v) is 6.58. The number of likely N-dealkylation sites (N-methyl/N-ethyl adjacent to an activating group) is 1. The first kappa shape index (κ1) is 14.1. The van der Waals surface area contributed by atoms with Gasteiger partial charge in [-0.15, -0.1) is 0 Å². The molecule has 20 heavy (non-hydrogen) atoms. The fourth-order valence-corrected chi connectivity index (χ4v) is 3.77. The third-order valence-electron chi connectivity index (χ3n) is 5.08. The van der Waals surface area contributed by atoms with E-state index in [1.54, 1.807) is 0 Å². The van der Waals surface area contributed by atoms with Crippen molar-refractivity contribution in [2.75, 3.05) is 20.3 Å². The largest absolute Gasteiger partial charge is 0.391 e. The van der Waals surface area contributed by atoms with Gasteiger partial charge in [0, 0.05) is 19.2 Å². The van der Waals surface area contributed by atoms with Crippen molar-refractivity contribution < 1.29 is 9.84 Å². The van der Waals surface area contributed by atoms with Crippen molar-refractivity contribution in [1.82, 2.24) is 4.90 Å². The van der Waals surface area contributed by atoms with Crippen molar-refractivity contribution in [3.05, 3.63) is 35.9 Å². The van der Waals surface area contributed by atoms with Crippen molar-refractivity contribution in [3.8, 4) is 0 Å². The van der Waals surface area contributed by atoms with E-state index in [4.69, 9.17) is 4.74 Å². The number of nitrogens with zero attached hydrogens (tertiary/aromatic N) is 1. The molecular weight excluding hydrogens is 250 g/mol. The minimum absolute atomic E-state index is 0.199. The van der Waals surface area contributed by atoms with Gasteiger partial charge in [0.1, 0.15) is 0 Å².